The Morgan fingerprint density at radius 2 is 1.88 bits per heavy atom. The highest BCUT2D eigenvalue weighted by Crippen LogP contribution is 2.29. The summed E-state index contributed by atoms with van der Waals surface area (Å²) in [6.45, 7) is 2.12. The standard InChI is InChI=1S/C18H19F3N2O2S/c19-18(20,21)14-5-3-13(4-6-14)17(24)22-12-15(16-2-1-9-25-16)23-7-10-26-11-8-23/h1-6,9,15H,7-8,10-12H2,(H,22,24)/t15-/m1/s1. The van der Waals surface area contributed by atoms with E-state index in [0.717, 1.165) is 42.5 Å². The molecule has 3 rings (SSSR count). The normalized spacial score (nSPS) is 17.0. The summed E-state index contributed by atoms with van der Waals surface area (Å²) in [5.41, 5.74) is -0.571. The first-order valence-corrected chi connectivity index (χ1v) is 9.41. The Bertz CT molecular complexity index is 711. The molecule has 0 spiro atoms. The van der Waals surface area contributed by atoms with Crippen molar-refractivity contribution in [3.63, 3.8) is 0 Å². The molecule has 1 aromatic carbocycles. The van der Waals surface area contributed by atoms with Crippen molar-refractivity contribution in [3.8, 4) is 0 Å². The minimum atomic E-state index is -4.41. The van der Waals surface area contributed by atoms with Crippen molar-refractivity contribution < 1.29 is 22.4 Å². The van der Waals surface area contributed by atoms with Crippen molar-refractivity contribution in [1.82, 2.24) is 10.2 Å². The molecular weight excluding hydrogens is 365 g/mol. The van der Waals surface area contributed by atoms with Crippen molar-refractivity contribution >= 4 is 17.7 Å². The van der Waals surface area contributed by atoms with Gasteiger partial charge in [0, 0.05) is 36.7 Å². The lowest BCUT2D eigenvalue weighted by Crippen LogP contribution is -2.41. The third kappa shape index (κ3) is 4.62. The summed E-state index contributed by atoms with van der Waals surface area (Å²) in [5, 5.41) is 2.81. The molecule has 26 heavy (non-hydrogen) atoms. The number of rotatable bonds is 5. The number of furan rings is 1. The van der Waals surface area contributed by atoms with Crippen molar-refractivity contribution in [1.29, 1.82) is 0 Å². The van der Waals surface area contributed by atoms with E-state index in [1.807, 2.05) is 17.8 Å². The molecule has 2 heterocycles. The second kappa shape index (κ2) is 8.18. The van der Waals surface area contributed by atoms with Crippen LogP contribution in [0.5, 0.6) is 0 Å². The quantitative estimate of drug-likeness (QED) is 0.851. The Balaban J connectivity index is 1.65. The van der Waals surface area contributed by atoms with Crippen LogP contribution in [0.1, 0.15) is 27.7 Å². The number of nitrogens with zero attached hydrogens (tertiary/aromatic N) is 1. The largest absolute Gasteiger partial charge is 0.468 e. The van der Waals surface area contributed by atoms with Crippen molar-refractivity contribution in [2.75, 3.05) is 31.1 Å². The molecule has 0 saturated carbocycles. The van der Waals surface area contributed by atoms with Gasteiger partial charge in [-0.1, -0.05) is 0 Å². The van der Waals surface area contributed by atoms with Gasteiger partial charge in [0.25, 0.3) is 5.91 Å². The van der Waals surface area contributed by atoms with Crippen LogP contribution in [0.3, 0.4) is 0 Å². The number of amides is 1. The van der Waals surface area contributed by atoms with Gasteiger partial charge in [0.1, 0.15) is 5.76 Å². The van der Waals surface area contributed by atoms with Crippen LogP contribution in [0.25, 0.3) is 0 Å². The Morgan fingerprint density at radius 3 is 2.46 bits per heavy atom. The Morgan fingerprint density at radius 1 is 1.19 bits per heavy atom. The van der Waals surface area contributed by atoms with Gasteiger partial charge >= 0.3 is 6.18 Å². The first-order chi connectivity index (χ1) is 12.4. The fourth-order valence-corrected chi connectivity index (χ4v) is 3.81. The monoisotopic (exact) mass is 384 g/mol. The summed E-state index contributed by atoms with van der Waals surface area (Å²) in [7, 11) is 0. The van der Waals surface area contributed by atoms with Crippen LogP contribution in [0.4, 0.5) is 13.2 Å². The first-order valence-electron chi connectivity index (χ1n) is 8.26. The second-order valence-electron chi connectivity index (χ2n) is 5.96. The van der Waals surface area contributed by atoms with Gasteiger partial charge in [-0.3, -0.25) is 9.69 Å². The average molecular weight is 384 g/mol. The van der Waals surface area contributed by atoms with E-state index in [1.54, 1.807) is 12.3 Å². The molecule has 0 aliphatic carbocycles. The molecule has 4 nitrogen and oxygen atoms in total. The highest BCUT2D eigenvalue weighted by atomic mass is 32.2. The number of benzene rings is 1. The summed E-state index contributed by atoms with van der Waals surface area (Å²) in [6.07, 6.45) is -2.82. The third-order valence-electron chi connectivity index (χ3n) is 4.29. The van der Waals surface area contributed by atoms with Gasteiger partial charge in [-0.05, 0) is 36.4 Å². The summed E-state index contributed by atoms with van der Waals surface area (Å²) in [4.78, 5) is 14.6. The molecule has 1 amide bonds. The maximum Gasteiger partial charge on any atom is 0.416 e. The van der Waals surface area contributed by atoms with Crippen LogP contribution in [-0.2, 0) is 6.18 Å². The Hall–Kier alpha value is -1.93. The van der Waals surface area contributed by atoms with E-state index in [0.29, 0.717) is 6.54 Å². The van der Waals surface area contributed by atoms with Gasteiger partial charge in [-0.15, -0.1) is 0 Å². The number of carbonyl (C=O) groups is 1. The molecular formula is C18H19F3N2O2S. The summed E-state index contributed by atoms with van der Waals surface area (Å²) in [6, 6.07) is 7.80. The average Bonchev–Trinajstić information content (AvgIpc) is 3.16. The zero-order valence-corrected chi connectivity index (χ0v) is 14.8. The van der Waals surface area contributed by atoms with E-state index in [2.05, 4.69) is 10.2 Å². The highest BCUT2D eigenvalue weighted by molar-refractivity contribution is 7.99. The molecule has 1 aromatic heterocycles. The van der Waals surface area contributed by atoms with Crippen molar-refractivity contribution in [2.24, 2.45) is 0 Å². The van der Waals surface area contributed by atoms with Crippen molar-refractivity contribution in [2.45, 2.75) is 12.2 Å². The Kier molecular flexibility index (Phi) is 5.93. The minimum Gasteiger partial charge on any atom is -0.468 e. The second-order valence-corrected chi connectivity index (χ2v) is 7.19. The summed E-state index contributed by atoms with van der Waals surface area (Å²) in [5.74, 6) is 2.40. The first kappa shape index (κ1) is 18.8. The zero-order valence-electron chi connectivity index (χ0n) is 14.0. The SMILES string of the molecule is O=C(NC[C@H](c1ccco1)N1CCSCC1)c1ccc(C(F)(F)F)cc1. The van der Waals surface area contributed by atoms with Crippen LogP contribution in [0, 0.1) is 0 Å². The number of alkyl halides is 3. The number of halogens is 3. The molecule has 1 saturated heterocycles. The molecule has 1 atom stereocenters. The van der Waals surface area contributed by atoms with Gasteiger partial charge in [0.2, 0.25) is 0 Å². The zero-order chi connectivity index (χ0) is 18.6. The predicted octanol–water partition coefficient (Wildman–Crippen LogP) is 3.82. The third-order valence-corrected chi connectivity index (χ3v) is 5.23. The molecule has 0 bridgehead atoms. The molecule has 1 N–H and O–H groups in total. The van der Waals surface area contributed by atoms with Crippen LogP contribution < -0.4 is 5.32 Å². The fourth-order valence-electron chi connectivity index (χ4n) is 2.88. The summed E-state index contributed by atoms with van der Waals surface area (Å²) >= 11 is 1.89. The predicted molar refractivity (Wildman–Crippen MR) is 94.1 cm³/mol. The minimum absolute atomic E-state index is 0.0932. The topological polar surface area (TPSA) is 45.5 Å². The van der Waals surface area contributed by atoms with E-state index in [9.17, 15) is 18.0 Å². The van der Waals surface area contributed by atoms with E-state index in [-0.39, 0.29) is 11.6 Å². The maximum absolute atomic E-state index is 12.6. The van der Waals surface area contributed by atoms with Gasteiger partial charge in [-0.2, -0.15) is 24.9 Å². The Labute approximate surface area is 153 Å². The van der Waals surface area contributed by atoms with Gasteiger partial charge in [0.05, 0.1) is 17.9 Å². The van der Waals surface area contributed by atoms with Crippen LogP contribution in [0.2, 0.25) is 0 Å². The van der Waals surface area contributed by atoms with Crippen LogP contribution in [0.15, 0.2) is 47.1 Å². The smallest absolute Gasteiger partial charge is 0.416 e. The number of thioether (sulfide) groups is 1. The van der Waals surface area contributed by atoms with E-state index >= 15 is 0 Å². The van der Waals surface area contributed by atoms with Gasteiger partial charge < -0.3 is 9.73 Å². The van der Waals surface area contributed by atoms with Gasteiger partial charge in [-0.25, -0.2) is 0 Å². The molecule has 2 aromatic rings. The maximum atomic E-state index is 12.6. The number of nitrogens with one attached hydrogen (secondary N) is 1. The number of carbonyl (C=O) groups excluding carboxylic acids is 1. The fraction of sp³-hybridized carbons (Fsp3) is 0.389. The van der Waals surface area contributed by atoms with Crippen LogP contribution >= 0.6 is 11.8 Å². The highest BCUT2D eigenvalue weighted by Gasteiger charge is 2.30. The molecule has 1 aliphatic rings. The lowest BCUT2D eigenvalue weighted by molar-refractivity contribution is -0.137. The van der Waals surface area contributed by atoms with E-state index in [4.69, 9.17) is 4.42 Å². The molecule has 1 fully saturated rings. The summed E-state index contributed by atoms with van der Waals surface area (Å²) < 4.78 is 43.4. The molecule has 8 heteroatoms. The molecule has 1 aliphatic heterocycles. The van der Waals surface area contributed by atoms with Crippen LogP contribution in [-0.4, -0.2) is 41.9 Å². The number of hydrogen-bond acceptors (Lipinski definition) is 4. The lowest BCUT2D eigenvalue weighted by atomic mass is 10.1. The molecule has 0 radical (unpaired) electrons. The van der Waals surface area contributed by atoms with E-state index in [1.165, 1.54) is 12.1 Å². The number of hydrogen-bond donors (Lipinski definition) is 1. The van der Waals surface area contributed by atoms with E-state index < -0.39 is 17.6 Å². The van der Waals surface area contributed by atoms with Crippen molar-refractivity contribution in [3.05, 3.63) is 59.5 Å². The van der Waals surface area contributed by atoms with Gasteiger partial charge in [0.15, 0.2) is 0 Å². The lowest BCUT2D eigenvalue weighted by Gasteiger charge is -2.33. The molecule has 140 valence electrons. The molecule has 0 unspecified atom stereocenters.